The first-order valence-corrected chi connectivity index (χ1v) is 18.1. The second-order valence-corrected chi connectivity index (χ2v) is 14.2. The van der Waals surface area contributed by atoms with Crippen molar-refractivity contribution in [2.45, 2.75) is 59.3 Å². The molecule has 5 amide bonds. The first-order chi connectivity index (χ1) is 27.4. The van der Waals surface area contributed by atoms with Crippen LogP contribution in [0.1, 0.15) is 50.4 Å². The van der Waals surface area contributed by atoms with Gasteiger partial charge in [0, 0.05) is 35.9 Å². The quantitative estimate of drug-likeness (QED) is 0.0977. The number of alkyl carbamates (subject to hydrolysis) is 1. The minimum Gasteiger partial charge on any atom is -0.488 e. The van der Waals surface area contributed by atoms with Gasteiger partial charge in [-0.3, -0.25) is 19.9 Å². The minimum absolute atomic E-state index is 0.109. The summed E-state index contributed by atoms with van der Waals surface area (Å²) in [4.78, 5) is 64.6. The van der Waals surface area contributed by atoms with E-state index < -0.39 is 17.7 Å². The van der Waals surface area contributed by atoms with Gasteiger partial charge in [-0.15, -0.1) is 5.10 Å². The van der Waals surface area contributed by atoms with E-state index >= 15 is 0 Å². The number of hydrogen-bond acceptors (Lipinski definition) is 11. The van der Waals surface area contributed by atoms with E-state index in [0.717, 1.165) is 26.8 Å². The SMILES string of the molecule is Cc1ccc(-n2nc(N3C(=O)CCC3=O)cc2NC(=O)Nc2ccc(OCc3ccnc(Nc4cnc(CNC(=O)OC(C)(C)C)cn4)c3)c3ccccc23)cc1. The van der Waals surface area contributed by atoms with Crippen molar-refractivity contribution in [3.8, 4) is 11.4 Å². The number of urea groups is 1. The molecule has 0 atom stereocenters. The van der Waals surface area contributed by atoms with Crippen molar-refractivity contribution in [1.29, 1.82) is 0 Å². The molecule has 0 bridgehead atoms. The number of fused-ring (bicyclic) bond motifs is 1. The fraction of sp³-hybridized carbons (Fsp3) is 0.220. The van der Waals surface area contributed by atoms with Crippen LogP contribution in [0.4, 0.5) is 38.5 Å². The molecule has 6 aromatic rings. The molecule has 0 aliphatic carbocycles. The van der Waals surface area contributed by atoms with E-state index in [4.69, 9.17) is 9.47 Å². The van der Waals surface area contributed by atoms with E-state index in [-0.39, 0.29) is 49.4 Å². The van der Waals surface area contributed by atoms with Gasteiger partial charge in [0.15, 0.2) is 5.82 Å². The Balaban J connectivity index is 1.01. The van der Waals surface area contributed by atoms with Crippen LogP contribution in [0.5, 0.6) is 5.75 Å². The van der Waals surface area contributed by atoms with Gasteiger partial charge in [0.25, 0.3) is 0 Å². The van der Waals surface area contributed by atoms with Crippen molar-refractivity contribution >= 4 is 63.7 Å². The van der Waals surface area contributed by atoms with Gasteiger partial charge in [-0.2, -0.15) is 0 Å². The Morgan fingerprint density at radius 3 is 2.30 bits per heavy atom. The third kappa shape index (κ3) is 9.30. The van der Waals surface area contributed by atoms with Gasteiger partial charge < -0.3 is 25.4 Å². The Kier molecular flexibility index (Phi) is 10.8. The van der Waals surface area contributed by atoms with Crippen molar-refractivity contribution in [3.63, 3.8) is 0 Å². The second kappa shape index (κ2) is 16.2. The van der Waals surface area contributed by atoms with Gasteiger partial charge in [0.05, 0.1) is 36.0 Å². The molecule has 1 saturated heterocycles. The molecule has 1 aliphatic heterocycles. The molecular formula is C41H40N10O6. The molecule has 0 saturated carbocycles. The third-order valence-electron chi connectivity index (χ3n) is 8.62. The average molecular weight is 769 g/mol. The van der Waals surface area contributed by atoms with Gasteiger partial charge in [0.1, 0.15) is 35.4 Å². The van der Waals surface area contributed by atoms with Gasteiger partial charge in [0.2, 0.25) is 11.8 Å². The van der Waals surface area contributed by atoms with Crippen molar-refractivity contribution in [2.24, 2.45) is 0 Å². The average Bonchev–Trinajstić information content (AvgIpc) is 3.74. The fourth-order valence-electron chi connectivity index (χ4n) is 5.97. The Morgan fingerprint density at radius 2 is 1.58 bits per heavy atom. The normalized spacial score (nSPS) is 12.7. The summed E-state index contributed by atoms with van der Waals surface area (Å²) in [7, 11) is 0. The minimum atomic E-state index is -0.599. The first-order valence-electron chi connectivity index (χ1n) is 18.1. The molecule has 57 heavy (non-hydrogen) atoms. The smallest absolute Gasteiger partial charge is 0.407 e. The molecule has 0 spiro atoms. The second-order valence-electron chi connectivity index (χ2n) is 14.2. The van der Waals surface area contributed by atoms with Crippen molar-refractivity contribution in [3.05, 3.63) is 114 Å². The molecule has 7 rings (SSSR count). The van der Waals surface area contributed by atoms with Crippen LogP contribution in [0.3, 0.4) is 0 Å². The maximum atomic E-state index is 13.5. The number of ether oxygens (including phenoxy) is 2. The Labute approximate surface area is 327 Å². The maximum Gasteiger partial charge on any atom is 0.407 e. The van der Waals surface area contributed by atoms with E-state index in [1.807, 2.05) is 67.6 Å². The molecule has 4 heterocycles. The maximum absolute atomic E-state index is 13.5. The highest BCUT2D eigenvalue weighted by atomic mass is 16.6. The van der Waals surface area contributed by atoms with Gasteiger partial charge >= 0.3 is 12.1 Å². The highest BCUT2D eigenvalue weighted by Gasteiger charge is 2.33. The lowest BCUT2D eigenvalue weighted by Gasteiger charge is -2.19. The molecule has 3 aromatic carbocycles. The van der Waals surface area contributed by atoms with Crippen LogP contribution in [0.15, 0.2) is 97.5 Å². The van der Waals surface area contributed by atoms with Crippen LogP contribution in [0, 0.1) is 6.92 Å². The number of imide groups is 1. The molecular weight excluding hydrogens is 729 g/mol. The monoisotopic (exact) mass is 768 g/mol. The lowest BCUT2D eigenvalue weighted by atomic mass is 10.1. The molecule has 0 unspecified atom stereocenters. The highest BCUT2D eigenvalue weighted by Crippen LogP contribution is 2.33. The zero-order valence-corrected chi connectivity index (χ0v) is 31.7. The Hall–Kier alpha value is -7.36. The van der Waals surface area contributed by atoms with Crippen LogP contribution in [0.25, 0.3) is 16.5 Å². The van der Waals surface area contributed by atoms with Crippen LogP contribution in [-0.4, -0.2) is 54.3 Å². The van der Waals surface area contributed by atoms with Gasteiger partial charge in [-0.25, -0.2) is 29.1 Å². The van der Waals surface area contributed by atoms with Crippen LogP contribution in [-0.2, 0) is 27.5 Å². The number of benzene rings is 3. The number of aromatic nitrogens is 5. The topological polar surface area (TPSA) is 195 Å². The zero-order chi connectivity index (χ0) is 40.1. The zero-order valence-electron chi connectivity index (χ0n) is 31.7. The number of aryl methyl sites for hydroxylation is 1. The molecule has 0 radical (unpaired) electrons. The molecule has 1 aliphatic rings. The largest absolute Gasteiger partial charge is 0.488 e. The summed E-state index contributed by atoms with van der Waals surface area (Å²) in [5.74, 6) is 1.33. The number of nitrogens with zero attached hydrogens (tertiary/aromatic N) is 6. The van der Waals surface area contributed by atoms with Gasteiger partial charge in [-0.1, -0.05) is 42.0 Å². The van der Waals surface area contributed by atoms with E-state index in [2.05, 4.69) is 41.3 Å². The summed E-state index contributed by atoms with van der Waals surface area (Å²) in [6.07, 6.45) is 4.44. The summed E-state index contributed by atoms with van der Waals surface area (Å²) < 4.78 is 13.0. The summed E-state index contributed by atoms with van der Waals surface area (Å²) in [5.41, 5.74) is 3.01. The van der Waals surface area contributed by atoms with E-state index in [9.17, 15) is 19.2 Å². The molecule has 4 N–H and O–H groups in total. The number of carbonyl (C=O) groups excluding carboxylic acids is 4. The summed E-state index contributed by atoms with van der Waals surface area (Å²) in [6.45, 7) is 7.72. The summed E-state index contributed by atoms with van der Waals surface area (Å²) in [5, 5.41) is 17.6. The number of carbonyl (C=O) groups is 4. The first kappa shape index (κ1) is 37.9. The lowest BCUT2D eigenvalue weighted by molar-refractivity contribution is -0.121. The van der Waals surface area contributed by atoms with Crippen molar-refractivity contribution < 1.29 is 28.7 Å². The van der Waals surface area contributed by atoms with Crippen molar-refractivity contribution in [1.82, 2.24) is 30.0 Å². The number of anilines is 5. The van der Waals surface area contributed by atoms with E-state index in [1.165, 1.54) is 10.7 Å². The number of amides is 5. The number of rotatable bonds is 11. The van der Waals surface area contributed by atoms with Gasteiger partial charge in [-0.05, 0) is 69.7 Å². The molecule has 1 fully saturated rings. The van der Waals surface area contributed by atoms with Crippen molar-refractivity contribution in [2.75, 3.05) is 20.9 Å². The Bertz CT molecular complexity index is 2440. The predicted octanol–water partition coefficient (Wildman–Crippen LogP) is 7.16. The standard InChI is InChI=1S/C41H40N10O6/c1-25-9-11-28(12-10-25)51-35(20-36(49-51)50-37(52)15-16-38(50)53)48-39(54)46-31-13-14-32(30-8-6-5-7-29(30)31)56-24-26-17-18-42-33(19-26)47-34-23-43-27(21-44-34)22-45-40(55)57-41(2,3)4/h5-14,17-21,23H,15-16,22,24H2,1-4H3,(H,45,55)(H,42,44,47)(H2,46,48,54). The highest BCUT2D eigenvalue weighted by molar-refractivity contribution is 6.19. The predicted molar refractivity (Wildman–Crippen MR) is 214 cm³/mol. The van der Waals surface area contributed by atoms with Crippen LogP contribution in [0.2, 0.25) is 0 Å². The Morgan fingerprint density at radius 1 is 0.825 bits per heavy atom. The fourth-order valence-corrected chi connectivity index (χ4v) is 5.97. The van der Waals surface area contributed by atoms with Crippen LogP contribution >= 0.6 is 0 Å². The summed E-state index contributed by atoms with van der Waals surface area (Å²) in [6, 6.07) is 23.2. The van der Waals surface area contributed by atoms with Crippen LogP contribution < -0.4 is 30.9 Å². The molecule has 16 nitrogen and oxygen atoms in total. The van der Waals surface area contributed by atoms with E-state index in [1.54, 1.807) is 51.5 Å². The number of pyridine rings is 1. The molecule has 290 valence electrons. The summed E-state index contributed by atoms with van der Waals surface area (Å²) >= 11 is 0. The molecule has 16 heteroatoms. The van der Waals surface area contributed by atoms with E-state index in [0.29, 0.717) is 34.5 Å². The number of nitrogens with one attached hydrogen (secondary N) is 4. The number of hydrogen-bond donors (Lipinski definition) is 4. The lowest BCUT2D eigenvalue weighted by Crippen LogP contribution is -2.32. The third-order valence-corrected chi connectivity index (χ3v) is 8.62. The molecule has 3 aromatic heterocycles.